The van der Waals surface area contributed by atoms with Crippen molar-refractivity contribution < 1.29 is 18.0 Å². The fourth-order valence-electron chi connectivity index (χ4n) is 3.97. The maximum absolute atomic E-state index is 12.9. The lowest BCUT2D eigenvalue weighted by atomic mass is 9.96. The lowest BCUT2D eigenvalue weighted by molar-refractivity contribution is -0.140. The van der Waals surface area contributed by atoms with Crippen LogP contribution in [-0.4, -0.2) is 33.4 Å². The number of hydrogen-bond donors (Lipinski definition) is 0. The second-order valence-corrected chi connectivity index (χ2v) is 7.83. The Bertz CT molecular complexity index is 1270. The summed E-state index contributed by atoms with van der Waals surface area (Å²) in [5.41, 5.74) is -0.492. The standard InChI is InChI=1S/C23H19F3N4O2/c24-23(25,26)20-5-4-18-19(28-20)8-11-30(22(18)32)14-15-6-9-29(10-7-15)21(31)17-3-1-2-16(12-17)13-27/h1-5,8,11-12,15H,6-7,9-10,14H2. The number of carbonyl (C=O) groups excluding carboxylic acids is 1. The van der Waals surface area contributed by atoms with Crippen molar-refractivity contribution in [3.63, 3.8) is 0 Å². The molecule has 164 valence electrons. The minimum Gasteiger partial charge on any atom is -0.339 e. The van der Waals surface area contributed by atoms with E-state index in [-0.39, 0.29) is 28.3 Å². The molecular formula is C23H19F3N4O2. The minimum absolute atomic E-state index is 0.0149. The van der Waals surface area contributed by atoms with Crippen LogP contribution in [0.4, 0.5) is 13.2 Å². The minimum atomic E-state index is -4.57. The van der Waals surface area contributed by atoms with E-state index in [9.17, 15) is 22.8 Å². The van der Waals surface area contributed by atoms with Gasteiger partial charge in [0.05, 0.1) is 22.5 Å². The maximum Gasteiger partial charge on any atom is 0.433 e. The number of benzene rings is 1. The molecule has 0 N–H and O–H groups in total. The lowest BCUT2D eigenvalue weighted by Gasteiger charge is -2.32. The third-order valence-electron chi connectivity index (χ3n) is 5.71. The number of nitrogens with zero attached hydrogens (tertiary/aromatic N) is 4. The van der Waals surface area contributed by atoms with E-state index >= 15 is 0 Å². The topological polar surface area (TPSA) is 79.0 Å². The van der Waals surface area contributed by atoms with Gasteiger partial charge < -0.3 is 9.47 Å². The highest BCUT2D eigenvalue weighted by Crippen LogP contribution is 2.28. The van der Waals surface area contributed by atoms with E-state index in [0.29, 0.717) is 43.6 Å². The summed E-state index contributed by atoms with van der Waals surface area (Å²) in [6.45, 7) is 1.47. The first-order valence-electron chi connectivity index (χ1n) is 10.1. The fourth-order valence-corrected chi connectivity index (χ4v) is 3.97. The molecule has 32 heavy (non-hydrogen) atoms. The summed E-state index contributed by atoms with van der Waals surface area (Å²) in [7, 11) is 0. The molecule has 0 radical (unpaired) electrons. The molecule has 0 spiro atoms. The number of fused-ring (bicyclic) bond motifs is 1. The van der Waals surface area contributed by atoms with Gasteiger partial charge in [-0.15, -0.1) is 0 Å². The molecule has 1 saturated heterocycles. The number of piperidine rings is 1. The molecule has 9 heteroatoms. The fraction of sp³-hybridized carbons (Fsp3) is 0.304. The molecule has 0 saturated carbocycles. The number of halogens is 3. The van der Waals surface area contributed by atoms with Gasteiger partial charge in [0.2, 0.25) is 0 Å². The van der Waals surface area contributed by atoms with Crippen LogP contribution in [0.25, 0.3) is 10.9 Å². The Labute approximate surface area is 181 Å². The van der Waals surface area contributed by atoms with Gasteiger partial charge in [-0.1, -0.05) is 6.07 Å². The van der Waals surface area contributed by atoms with E-state index in [1.54, 1.807) is 29.2 Å². The van der Waals surface area contributed by atoms with Crippen molar-refractivity contribution in [1.82, 2.24) is 14.5 Å². The number of carbonyl (C=O) groups is 1. The van der Waals surface area contributed by atoms with Crippen molar-refractivity contribution in [1.29, 1.82) is 5.26 Å². The van der Waals surface area contributed by atoms with Gasteiger partial charge >= 0.3 is 6.18 Å². The number of nitriles is 1. The normalized spacial score (nSPS) is 15.0. The van der Waals surface area contributed by atoms with Crippen molar-refractivity contribution in [3.8, 4) is 6.07 Å². The van der Waals surface area contributed by atoms with Gasteiger partial charge in [-0.25, -0.2) is 4.98 Å². The molecule has 2 aromatic heterocycles. The summed E-state index contributed by atoms with van der Waals surface area (Å²) in [6, 6.07) is 12.0. The van der Waals surface area contributed by atoms with Gasteiger partial charge in [-0.2, -0.15) is 18.4 Å². The highest BCUT2D eigenvalue weighted by atomic mass is 19.4. The van der Waals surface area contributed by atoms with Gasteiger partial charge in [-0.05, 0) is 55.2 Å². The highest BCUT2D eigenvalue weighted by molar-refractivity contribution is 5.94. The summed E-state index contributed by atoms with van der Waals surface area (Å²) in [6.07, 6.45) is -1.70. The second kappa shape index (κ2) is 8.46. The molecule has 1 fully saturated rings. The van der Waals surface area contributed by atoms with Crippen molar-refractivity contribution in [3.05, 3.63) is 75.8 Å². The number of likely N-dealkylation sites (tertiary alicyclic amines) is 1. The van der Waals surface area contributed by atoms with Crippen LogP contribution in [0.5, 0.6) is 0 Å². The molecule has 0 atom stereocenters. The van der Waals surface area contributed by atoms with Gasteiger partial charge in [-0.3, -0.25) is 9.59 Å². The second-order valence-electron chi connectivity index (χ2n) is 7.83. The third-order valence-corrected chi connectivity index (χ3v) is 5.71. The first kappa shape index (κ1) is 21.6. The van der Waals surface area contributed by atoms with E-state index in [0.717, 1.165) is 6.07 Å². The molecule has 1 aromatic carbocycles. The summed E-state index contributed by atoms with van der Waals surface area (Å²) in [5, 5.41) is 9.15. The van der Waals surface area contributed by atoms with Crippen LogP contribution in [0.2, 0.25) is 0 Å². The largest absolute Gasteiger partial charge is 0.433 e. The Balaban J connectivity index is 1.44. The van der Waals surface area contributed by atoms with Crippen LogP contribution < -0.4 is 5.56 Å². The van der Waals surface area contributed by atoms with Crippen LogP contribution in [0.15, 0.2) is 53.5 Å². The lowest BCUT2D eigenvalue weighted by Crippen LogP contribution is -2.40. The number of rotatable bonds is 3. The average molecular weight is 440 g/mol. The van der Waals surface area contributed by atoms with Crippen molar-refractivity contribution in [2.45, 2.75) is 25.6 Å². The zero-order chi connectivity index (χ0) is 22.9. The highest BCUT2D eigenvalue weighted by Gasteiger charge is 2.32. The van der Waals surface area contributed by atoms with Crippen LogP contribution in [0.3, 0.4) is 0 Å². The zero-order valence-electron chi connectivity index (χ0n) is 17.0. The van der Waals surface area contributed by atoms with Crippen molar-refractivity contribution >= 4 is 16.8 Å². The van der Waals surface area contributed by atoms with Gasteiger partial charge in [0.1, 0.15) is 5.69 Å². The molecule has 0 unspecified atom stereocenters. The summed E-state index contributed by atoms with van der Waals surface area (Å²) >= 11 is 0. The first-order chi connectivity index (χ1) is 15.3. The SMILES string of the molecule is N#Cc1cccc(C(=O)N2CCC(Cn3ccc4nc(C(F)(F)F)ccc4c3=O)CC2)c1. The van der Waals surface area contributed by atoms with Gasteiger partial charge in [0.15, 0.2) is 0 Å². The van der Waals surface area contributed by atoms with Crippen LogP contribution in [0.1, 0.15) is 34.5 Å². The van der Waals surface area contributed by atoms with Gasteiger partial charge in [0, 0.05) is 31.4 Å². The Morgan fingerprint density at radius 3 is 2.59 bits per heavy atom. The maximum atomic E-state index is 12.9. The molecular weight excluding hydrogens is 421 g/mol. The van der Waals surface area contributed by atoms with E-state index < -0.39 is 11.9 Å². The Morgan fingerprint density at radius 2 is 1.91 bits per heavy atom. The number of amides is 1. The van der Waals surface area contributed by atoms with Crippen LogP contribution in [0, 0.1) is 17.2 Å². The molecule has 0 aliphatic carbocycles. The van der Waals surface area contributed by atoms with E-state index in [4.69, 9.17) is 5.26 Å². The average Bonchev–Trinajstić information content (AvgIpc) is 2.80. The summed E-state index contributed by atoms with van der Waals surface area (Å²) in [5.74, 6) is 0.0250. The van der Waals surface area contributed by atoms with E-state index in [1.165, 1.54) is 22.9 Å². The Morgan fingerprint density at radius 1 is 1.16 bits per heavy atom. The first-order valence-corrected chi connectivity index (χ1v) is 10.1. The van der Waals surface area contributed by atoms with Crippen LogP contribution >= 0.6 is 0 Å². The predicted octanol–water partition coefficient (Wildman–Crippen LogP) is 3.84. The Kier molecular flexibility index (Phi) is 5.70. The molecule has 3 aromatic rings. The quantitative estimate of drug-likeness (QED) is 0.620. The molecule has 4 rings (SSSR count). The molecule has 1 aliphatic heterocycles. The molecule has 3 heterocycles. The van der Waals surface area contributed by atoms with E-state index in [1.807, 2.05) is 6.07 Å². The summed E-state index contributed by atoms with van der Waals surface area (Å²) < 4.78 is 40.0. The number of aromatic nitrogens is 2. The Hall–Kier alpha value is -3.67. The molecule has 6 nitrogen and oxygen atoms in total. The number of hydrogen-bond acceptors (Lipinski definition) is 4. The zero-order valence-corrected chi connectivity index (χ0v) is 17.0. The van der Waals surface area contributed by atoms with Crippen molar-refractivity contribution in [2.75, 3.05) is 13.1 Å². The predicted molar refractivity (Wildman–Crippen MR) is 111 cm³/mol. The smallest absolute Gasteiger partial charge is 0.339 e. The van der Waals surface area contributed by atoms with Crippen molar-refractivity contribution in [2.24, 2.45) is 5.92 Å². The third kappa shape index (κ3) is 4.35. The van der Waals surface area contributed by atoms with Gasteiger partial charge in [0.25, 0.3) is 11.5 Å². The number of pyridine rings is 2. The number of alkyl halides is 3. The molecule has 0 bridgehead atoms. The summed E-state index contributed by atoms with van der Waals surface area (Å²) in [4.78, 5) is 30.7. The molecule has 1 amide bonds. The van der Waals surface area contributed by atoms with Crippen LogP contribution in [-0.2, 0) is 12.7 Å². The monoisotopic (exact) mass is 440 g/mol. The molecule has 1 aliphatic rings. The van der Waals surface area contributed by atoms with E-state index in [2.05, 4.69) is 4.98 Å².